The molecule has 4 aliphatic rings. The maximum atomic E-state index is 13.1. The maximum Gasteiger partial charge on any atom is 0.416 e. The summed E-state index contributed by atoms with van der Waals surface area (Å²) in [4.78, 5) is 11.0. The zero-order valence-corrected chi connectivity index (χ0v) is 23.5. The van der Waals surface area contributed by atoms with E-state index in [1.54, 1.807) is 0 Å². The van der Waals surface area contributed by atoms with Crippen LogP contribution in [0.3, 0.4) is 0 Å². The van der Waals surface area contributed by atoms with Crippen LogP contribution in [-0.4, -0.2) is 27.4 Å². The third kappa shape index (κ3) is 4.94. The van der Waals surface area contributed by atoms with Crippen LogP contribution < -0.4 is 0 Å². The predicted molar refractivity (Wildman–Crippen MR) is 143 cm³/mol. The number of benzene rings is 1. The van der Waals surface area contributed by atoms with E-state index in [4.69, 9.17) is 5.11 Å². The largest absolute Gasteiger partial charge is 0.481 e. The second kappa shape index (κ2) is 10.0. The van der Waals surface area contributed by atoms with Crippen molar-refractivity contribution in [1.29, 1.82) is 0 Å². The number of hydrogen-bond acceptors (Lipinski definition) is 3. The molecule has 39 heavy (non-hydrogen) atoms. The molecule has 3 N–H and O–H groups in total. The molecule has 0 spiro atoms. The number of fused-ring (bicyclic) bond motifs is 5. The van der Waals surface area contributed by atoms with Gasteiger partial charge in [-0.2, -0.15) is 13.2 Å². The quantitative estimate of drug-likeness (QED) is 0.345. The minimum atomic E-state index is -4.40. The molecule has 5 rings (SSSR count). The van der Waals surface area contributed by atoms with Gasteiger partial charge in [0.05, 0.1) is 17.3 Å². The zero-order chi connectivity index (χ0) is 28.4. The number of aliphatic carboxylic acids is 1. The molecule has 4 aliphatic carbocycles. The van der Waals surface area contributed by atoms with E-state index in [1.807, 2.05) is 0 Å². The Balaban J connectivity index is 1.32. The Bertz CT molecular complexity index is 1060. The van der Waals surface area contributed by atoms with Gasteiger partial charge < -0.3 is 15.3 Å². The van der Waals surface area contributed by atoms with Gasteiger partial charge in [0.2, 0.25) is 0 Å². The predicted octanol–water partition coefficient (Wildman–Crippen LogP) is 7.41. The Labute approximate surface area is 230 Å². The lowest BCUT2D eigenvalue weighted by Gasteiger charge is -2.63. The van der Waals surface area contributed by atoms with Crippen LogP contribution in [0.1, 0.15) is 103 Å². The number of aliphatic hydroxyl groups is 2. The minimum Gasteiger partial charge on any atom is -0.481 e. The summed E-state index contributed by atoms with van der Waals surface area (Å²) in [6.45, 7) is 7.05. The molecular weight excluding hydrogens is 505 g/mol. The van der Waals surface area contributed by atoms with Crippen LogP contribution in [0.5, 0.6) is 0 Å². The Kier molecular flexibility index (Phi) is 7.44. The van der Waals surface area contributed by atoms with Gasteiger partial charge >= 0.3 is 12.1 Å². The lowest BCUT2D eigenvalue weighted by Crippen LogP contribution is -2.59. The van der Waals surface area contributed by atoms with Crippen molar-refractivity contribution < 1.29 is 33.3 Å². The number of carboxylic acid groups (broad SMARTS) is 1. The molecule has 1 aromatic carbocycles. The van der Waals surface area contributed by atoms with Crippen molar-refractivity contribution in [2.24, 2.45) is 46.3 Å². The van der Waals surface area contributed by atoms with Gasteiger partial charge in [-0.05, 0) is 128 Å². The molecule has 0 radical (unpaired) electrons. The molecule has 0 unspecified atom stereocenters. The Hall–Kier alpha value is -1.60. The Morgan fingerprint density at radius 1 is 1.03 bits per heavy atom. The van der Waals surface area contributed by atoms with E-state index < -0.39 is 29.4 Å². The van der Waals surface area contributed by atoms with Crippen LogP contribution >= 0.6 is 0 Å². The first-order valence-electron chi connectivity index (χ1n) is 15.0. The molecule has 0 bridgehead atoms. The Morgan fingerprint density at radius 3 is 2.33 bits per heavy atom. The van der Waals surface area contributed by atoms with Crippen LogP contribution in [0, 0.1) is 46.3 Å². The molecule has 4 nitrogen and oxygen atoms in total. The smallest absolute Gasteiger partial charge is 0.416 e. The van der Waals surface area contributed by atoms with Crippen molar-refractivity contribution in [3.8, 4) is 0 Å². The standard InChI is InChI=1S/C32H45F3O4/c1-19(5-4-6-27(37)38)23-11-12-24-28-25(13-14-30(23,24)3)29(2)15-16-31(39,18-22(29)17-26(28)36)20-7-9-21(10-8-20)32(33,34)35/h7-10,19,22-26,28,36,39H,4-6,11-18H2,1-3H3,(H,37,38)/t19-,22-,23-,24+,25+,26-,28+,29+,30-,31+/m1/s1. The fourth-order valence-electron chi connectivity index (χ4n) is 10.2. The third-order valence-electron chi connectivity index (χ3n) is 12.3. The third-order valence-corrected chi connectivity index (χ3v) is 12.3. The molecule has 10 atom stereocenters. The van der Waals surface area contributed by atoms with E-state index in [0.717, 1.165) is 50.7 Å². The highest BCUT2D eigenvalue weighted by atomic mass is 19.4. The summed E-state index contributed by atoms with van der Waals surface area (Å²) in [5, 5.41) is 32.4. The number of halogens is 3. The van der Waals surface area contributed by atoms with E-state index in [-0.39, 0.29) is 29.1 Å². The van der Waals surface area contributed by atoms with Crippen LogP contribution in [0.15, 0.2) is 24.3 Å². The lowest BCUT2D eigenvalue weighted by molar-refractivity contribution is -0.190. The fraction of sp³-hybridized carbons (Fsp3) is 0.781. The summed E-state index contributed by atoms with van der Waals surface area (Å²) in [7, 11) is 0. The summed E-state index contributed by atoms with van der Waals surface area (Å²) < 4.78 is 39.3. The van der Waals surface area contributed by atoms with Gasteiger partial charge in [0.25, 0.3) is 0 Å². The number of aliphatic hydroxyl groups excluding tert-OH is 1. The van der Waals surface area contributed by atoms with E-state index in [9.17, 15) is 28.2 Å². The van der Waals surface area contributed by atoms with Gasteiger partial charge in [-0.1, -0.05) is 32.9 Å². The van der Waals surface area contributed by atoms with E-state index in [0.29, 0.717) is 54.9 Å². The molecule has 7 heteroatoms. The van der Waals surface area contributed by atoms with Crippen LogP contribution in [0.25, 0.3) is 0 Å². The molecule has 0 amide bonds. The Morgan fingerprint density at radius 2 is 1.69 bits per heavy atom. The van der Waals surface area contributed by atoms with E-state index in [2.05, 4.69) is 20.8 Å². The SMILES string of the molecule is C[C@H](CCCC(=O)O)[C@H]1CC[C@H]2[C@@H]3[C@H](O)C[C@@H]4C[C@](O)(c5ccc(C(F)(F)F)cc5)CC[C@]4(C)[C@H]3CC[C@]12C. The van der Waals surface area contributed by atoms with Gasteiger partial charge in [-0.15, -0.1) is 0 Å². The number of rotatable bonds is 6. The molecule has 0 saturated heterocycles. The molecule has 0 heterocycles. The van der Waals surface area contributed by atoms with Crippen molar-refractivity contribution >= 4 is 5.97 Å². The maximum absolute atomic E-state index is 13.1. The molecule has 1 aromatic rings. The molecule has 0 aromatic heterocycles. The lowest BCUT2D eigenvalue weighted by atomic mass is 9.42. The monoisotopic (exact) mass is 550 g/mol. The summed E-state index contributed by atoms with van der Waals surface area (Å²) in [6.07, 6.45) is 3.88. The minimum absolute atomic E-state index is 0.00540. The number of carbonyl (C=O) groups is 1. The van der Waals surface area contributed by atoms with Gasteiger partial charge in [-0.3, -0.25) is 4.79 Å². The summed E-state index contributed by atoms with van der Waals surface area (Å²) in [5.74, 6) is 1.46. The van der Waals surface area contributed by atoms with Crippen molar-refractivity contribution in [3.05, 3.63) is 35.4 Å². The number of alkyl halides is 3. The van der Waals surface area contributed by atoms with Crippen LogP contribution in [0.4, 0.5) is 13.2 Å². The second-order valence-electron chi connectivity index (χ2n) is 14.1. The molecule has 4 saturated carbocycles. The molecule has 218 valence electrons. The first kappa shape index (κ1) is 28.9. The average Bonchev–Trinajstić information content (AvgIpc) is 3.22. The number of carboxylic acids is 1. The topological polar surface area (TPSA) is 77.8 Å². The normalized spacial score (nSPS) is 42.8. The summed E-state index contributed by atoms with van der Waals surface area (Å²) >= 11 is 0. The number of hydrogen-bond donors (Lipinski definition) is 3. The summed E-state index contributed by atoms with van der Waals surface area (Å²) in [6, 6.07) is 4.98. The first-order valence-corrected chi connectivity index (χ1v) is 15.0. The van der Waals surface area contributed by atoms with E-state index >= 15 is 0 Å². The van der Waals surface area contributed by atoms with E-state index in [1.165, 1.54) is 12.1 Å². The summed E-state index contributed by atoms with van der Waals surface area (Å²) in [5.41, 5.74) is -1.19. The fourth-order valence-corrected chi connectivity index (χ4v) is 10.2. The van der Waals surface area contributed by atoms with Crippen LogP contribution in [0.2, 0.25) is 0 Å². The van der Waals surface area contributed by atoms with Crippen molar-refractivity contribution in [2.75, 3.05) is 0 Å². The highest BCUT2D eigenvalue weighted by Crippen LogP contribution is 2.69. The van der Waals surface area contributed by atoms with Gasteiger partial charge in [0, 0.05) is 6.42 Å². The van der Waals surface area contributed by atoms with Gasteiger partial charge in [0.15, 0.2) is 0 Å². The average molecular weight is 551 g/mol. The highest BCUT2D eigenvalue weighted by Gasteiger charge is 2.64. The molecule has 4 fully saturated rings. The van der Waals surface area contributed by atoms with Crippen molar-refractivity contribution in [1.82, 2.24) is 0 Å². The second-order valence-corrected chi connectivity index (χ2v) is 14.1. The van der Waals surface area contributed by atoms with Crippen molar-refractivity contribution in [3.63, 3.8) is 0 Å². The van der Waals surface area contributed by atoms with Gasteiger partial charge in [-0.25, -0.2) is 0 Å². The van der Waals surface area contributed by atoms with Crippen molar-refractivity contribution in [2.45, 2.75) is 109 Å². The van der Waals surface area contributed by atoms with Gasteiger partial charge in [0.1, 0.15) is 0 Å². The first-order chi connectivity index (χ1) is 18.2. The highest BCUT2D eigenvalue weighted by molar-refractivity contribution is 5.66. The molecular formula is C32H45F3O4. The zero-order valence-electron chi connectivity index (χ0n) is 23.5. The van der Waals surface area contributed by atoms with Crippen LogP contribution in [-0.2, 0) is 16.6 Å². The molecule has 0 aliphatic heterocycles.